The van der Waals surface area contributed by atoms with Gasteiger partial charge in [0.2, 0.25) is 0 Å². The second-order valence-electron chi connectivity index (χ2n) is 10.0. The van der Waals surface area contributed by atoms with Crippen molar-refractivity contribution in [1.29, 1.82) is 0 Å². The maximum absolute atomic E-state index is 13.4. The number of nitrogens with zero attached hydrogens (tertiary/aromatic N) is 2. The largest absolute Gasteiger partial charge is 0.480 e. The van der Waals surface area contributed by atoms with E-state index >= 15 is 0 Å². The summed E-state index contributed by atoms with van der Waals surface area (Å²) in [6, 6.07) is 13.2. The number of nitrogens with one attached hydrogen (secondary N) is 1. The number of aliphatic carboxylic acids is 1. The monoisotopic (exact) mass is 525 g/mol. The molecule has 1 amide bonds. The zero-order chi connectivity index (χ0) is 26.6. The molecule has 1 fully saturated rings. The SMILES string of the molecule is CCCCN(CCN1CCCC1)Cc1ccc(C(=O)N[C@@H](CCSC)C(=O)O)c(-c2ccccc2C)c1. The van der Waals surface area contributed by atoms with Gasteiger partial charge in [0, 0.05) is 25.2 Å². The Morgan fingerprint density at radius 1 is 1.11 bits per heavy atom. The van der Waals surface area contributed by atoms with Gasteiger partial charge in [0.15, 0.2) is 0 Å². The summed E-state index contributed by atoms with van der Waals surface area (Å²) in [6.07, 6.45) is 7.26. The first kappa shape index (κ1) is 29.2. The Kier molecular flexibility index (Phi) is 12.0. The van der Waals surface area contributed by atoms with Crippen LogP contribution in [0.3, 0.4) is 0 Å². The lowest BCUT2D eigenvalue weighted by molar-refractivity contribution is -0.139. The molecule has 0 radical (unpaired) electrons. The summed E-state index contributed by atoms with van der Waals surface area (Å²) in [5.74, 6) is -0.664. The van der Waals surface area contributed by atoms with E-state index in [1.807, 2.05) is 49.6 Å². The number of amides is 1. The maximum Gasteiger partial charge on any atom is 0.326 e. The number of rotatable bonds is 15. The van der Waals surface area contributed by atoms with Crippen LogP contribution in [-0.4, -0.2) is 77.6 Å². The van der Waals surface area contributed by atoms with Gasteiger partial charge in [-0.15, -0.1) is 0 Å². The fourth-order valence-corrected chi connectivity index (χ4v) is 5.39. The number of benzene rings is 2. The van der Waals surface area contributed by atoms with E-state index in [9.17, 15) is 14.7 Å². The fraction of sp³-hybridized carbons (Fsp3) is 0.533. The van der Waals surface area contributed by atoms with Gasteiger partial charge in [-0.3, -0.25) is 9.69 Å². The predicted molar refractivity (Wildman–Crippen MR) is 154 cm³/mol. The summed E-state index contributed by atoms with van der Waals surface area (Å²) in [6.45, 7) is 10.7. The Balaban J connectivity index is 1.86. The first-order valence-corrected chi connectivity index (χ1v) is 15.0. The van der Waals surface area contributed by atoms with E-state index in [0.29, 0.717) is 17.7 Å². The highest BCUT2D eigenvalue weighted by Crippen LogP contribution is 2.29. The molecular weight excluding hydrogens is 482 g/mol. The standard InChI is InChI=1S/C30H43N3O3S/c1-4-5-15-33(19-18-32-16-8-9-17-32)22-24-12-13-26(27(21-24)25-11-7-6-10-23(25)2)29(34)31-28(30(35)36)14-20-37-3/h6-7,10-13,21,28H,4-5,8-9,14-20,22H2,1-3H3,(H,31,34)(H,35,36)/t28-/m0/s1. The second kappa shape index (κ2) is 15.2. The normalized spacial score (nSPS) is 14.7. The third-order valence-electron chi connectivity index (χ3n) is 7.14. The molecule has 37 heavy (non-hydrogen) atoms. The number of hydrogen-bond donors (Lipinski definition) is 2. The van der Waals surface area contributed by atoms with Crippen molar-refractivity contribution in [3.63, 3.8) is 0 Å². The number of carboxylic acids is 1. The van der Waals surface area contributed by atoms with E-state index in [1.165, 1.54) is 31.5 Å². The fourth-order valence-electron chi connectivity index (χ4n) is 4.91. The molecule has 2 N–H and O–H groups in total. The van der Waals surface area contributed by atoms with Gasteiger partial charge in [0.05, 0.1) is 0 Å². The van der Waals surface area contributed by atoms with Crippen LogP contribution in [-0.2, 0) is 11.3 Å². The Hall–Kier alpha value is -2.35. The molecule has 1 aliphatic heterocycles. The molecule has 0 spiro atoms. The lowest BCUT2D eigenvalue weighted by Crippen LogP contribution is -2.41. The molecule has 1 aliphatic rings. The Labute approximate surface area is 226 Å². The van der Waals surface area contributed by atoms with Crippen molar-refractivity contribution in [1.82, 2.24) is 15.1 Å². The number of thioether (sulfide) groups is 1. The molecule has 7 heteroatoms. The first-order chi connectivity index (χ1) is 17.9. The van der Waals surface area contributed by atoms with Crippen LogP contribution in [0.2, 0.25) is 0 Å². The summed E-state index contributed by atoms with van der Waals surface area (Å²) in [5, 5.41) is 12.4. The summed E-state index contributed by atoms with van der Waals surface area (Å²) in [7, 11) is 0. The van der Waals surface area contributed by atoms with Gasteiger partial charge in [-0.25, -0.2) is 4.79 Å². The zero-order valence-corrected chi connectivity index (χ0v) is 23.5. The summed E-state index contributed by atoms with van der Waals surface area (Å²) in [5.41, 5.74) is 4.64. The molecule has 0 bridgehead atoms. The van der Waals surface area contributed by atoms with Crippen molar-refractivity contribution in [2.75, 3.05) is 44.7 Å². The van der Waals surface area contributed by atoms with E-state index < -0.39 is 12.0 Å². The molecule has 0 aliphatic carbocycles. The lowest BCUT2D eigenvalue weighted by Gasteiger charge is -2.26. The van der Waals surface area contributed by atoms with Crippen LogP contribution in [0.25, 0.3) is 11.1 Å². The molecule has 0 saturated carbocycles. The van der Waals surface area contributed by atoms with Gasteiger partial charge in [-0.1, -0.05) is 43.7 Å². The number of likely N-dealkylation sites (tertiary alicyclic amines) is 1. The molecule has 0 aromatic heterocycles. The van der Waals surface area contributed by atoms with Crippen LogP contribution in [0.1, 0.15) is 60.5 Å². The van der Waals surface area contributed by atoms with E-state index in [0.717, 1.165) is 55.7 Å². The number of hydrogen-bond acceptors (Lipinski definition) is 5. The van der Waals surface area contributed by atoms with Gasteiger partial charge < -0.3 is 15.3 Å². The minimum Gasteiger partial charge on any atom is -0.480 e. The summed E-state index contributed by atoms with van der Waals surface area (Å²) in [4.78, 5) is 30.2. The highest BCUT2D eigenvalue weighted by Gasteiger charge is 2.23. The van der Waals surface area contributed by atoms with E-state index in [1.54, 1.807) is 11.8 Å². The molecule has 2 aromatic carbocycles. The average Bonchev–Trinajstić information content (AvgIpc) is 3.42. The van der Waals surface area contributed by atoms with Crippen LogP contribution < -0.4 is 5.32 Å². The van der Waals surface area contributed by atoms with Crippen molar-refractivity contribution < 1.29 is 14.7 Å². The lowest BCUT2D eigenvalue weighted by atomic mass is 9.93. The van der Waals surface area contributed by atoms with Crippen LogP contribution in [0.5, 0.6) is 0 Å². The number of carbonyl (C=O) groups is 2. The highest BCUT2D eigenvalue weighted by molar-refractivity contribution is 7.98. The first-order valence-electron chi connectivity index (χ1n) is 13.6. The van der Waals surface area contributed by atoms with Crippen molar-refractivity contribution in [2.45, 2.75) is 58.5 Å². The van der Waals surface area contributed by atoms with Gasteiger partial charge >= 0.3 is 5.97 Å². The molecule has 2 aromatic rings. The number of carboxylic acid groups (broad SMARTS) is 1. The molecule has 0 unspecified atom stereocenters. The Bertz CT molecular complexity index is 1020. The minimum absolute atomic E-state index is 0.338. The number of aryl methyl sites for hydroxylation is 1. The third kappa shape index (κ3) is 8.87. The number of unbranched alkanes of at least 4 members (excludes halogenated alkanes) is 1. The van der Waals surface area contributed by atoms with Crippen LogP contribution in [0, 0.1) is 6.92 Å². The van der Waals surface area contributed by atoms with Crippen LogP contribution >= 0.6 is 11.8 Å². The molecule has 6 nitrogen and oxygen atoms in total. The predicted octanol–water partition coefficient (Wildman–Crippen LogP) is 5.30. The van der Waals surface area contributed by atoms with Gasteiger partial charge in [-0.05, 0) is 98.6 Å². The highest BCUT2D eigenvalue weighted by atomic mass is 32.2. The summed E-state index contributed by atoms with van der Waals surface area (Å²) >= 11 is 1.57. The smallest absolute Gasteiger partial charge is 0.326 e. The molecule has 1 heterocycles. The Morgan fingerprint density at radius 3 is 2.54 bits per heavy atom. The second-order valence-corrected chi connectivity index (χ2v) is 11.0. The third-order valence-corrected chi connectivity index (χ3v) is 7.79. The Morgan fingerprint density at radius 2 is 1.86 bits per heavy atom. The van der Waals surface area contributed by atoms with Gasteiger partial charge in [-0.2, -0.15) is 11.8 Å². The van der Waals surface area contributed by atoms with Crippen molar-refractivity contribution in [3.05, 3.63) is 59.2 Å². The average molecular weight is 526 g/mol. The molecule has 202 valence electrons. The number of carbonyl (C=O) groups excluding carboxylic acids is 1. The van der Waals surface area contributed by atoms with Crippen LogP contribution in [0.15, 0.2) is 42.5 Å². The molecule has 1 atom stereocenters. The molecule has 3 rings (SSSR count). The van der Waals surface area contributed by atoms with Crippen LogP contribution in [0.4, 0.5) is 0 Å². The zero-order valence-electron chi connectivity index (χ0n) is 22.7. The molecular formula is C30H43N3O3S. The maximum atomic E-state index is 13.4. The van der Waals surface area contributed by atoms with Gasteiger partial charge in [0.1, 0.15) is 6.04 Å². The van der Waals surface area contributed by atoms with Crippen molar-refractivity contribution in [2.24, 2.45) is 0 Å². The van der Waals surface area contributed by atoms with Crippen molar-refractivity contribution >= 4 is 23.6 Å². The van der Waals surface area contributed by atoms with Gasteiger partial charge in [0.25, 0.3) is 5.91 Å². The quantitative estimate of drug-likeness (QED) is 0.329. The van der Waals surface area contributed by atoms with E-state index in [-0.39, 0.29) is 5.91 Å². The topological polar surface area (TPSA) is 72.9 Å². The van der Waals surface area contributed by atoms with Crippen molar-refractivity contribution in [3.8, 4) is 11.1 Å². The van der Waals surface area contributed by atoms with E-state index in [2.05, 4.69) is 28.1 Å². The molecule has 1 saturated heterocycles. The van der Waals surface area contributed by atoms with E-state index in [4.69, 9.17) is 0 Å². The minimum atomic E-state index is -0.999. The summed E-state index contributed by atoms with van der Waals surface area (Å²) < 4.78 is 0.